The third-order valence-corrected chi connectivity index (χ3v) is 2.76. The molecule has 104 valence electrons. The Hall–Kier alpha value is -2.49. The molecule has 4 heteroatoms. The van der Waals surface area contributed by atoms with Crippen LogP contribution in [-0.4, -0.2) is 13.0 Å². The molecule has 2 aromatic carbocycles. The number of para-hydroxylation sites is 1. The molecule has 0 aliphatic rings. The van der Waals surface area contributed by atoms with Gasteiger partial charge >= 0.3 is 0 Å². The molecule has 0 saturated carbocycles. The Bertz CT molecular complexity index is 579. The number of nitrogens with one attached hydrogen (secondary N) is 1. The van der Waals surface area contributed by atoms with Crippen molar-refractivity contribution in [2.45, 2.75) is 13.5 Å². The first-order valence-corrected chi connectivity index (χ1v) is 6.31. The number of rotatable bonds is 5. The van der Waals surface area contributed by atoms with Gasteiger partial charge < -0.3 is 14.8 Å². The van der Waals surface area contributed by atoms with Crippen molar-refractivity contribution in [3.8, 4) is 11.5 Å². The van der Waals surface area contributed by atoms with Crippen LogP contribution < -0.4 is 14.8 Å². The monoisotopic (exact) mass is 271 g/mol. The summed E-state index contributed by atoms with van der Waals surface area (Å²) in [5.41, 5.74) is 1.74. The first-order valence-electron chi connectivity index (χ1n) is 6.31. The number of benzene rings is 2. The normalized spacial score (nSPS) is 9.90. The molecule has 0 atom stereocenters. The maximum atomic E-state index is 10.9. The lowest BCUT2D eigenvalue weighted by Crippen LogP contribution is -2.05. The molecule has 2 rings (SSSR count). The van der Waals surface area contributed by atoms with E-state index in [1.165, 1.54) is 6.92 Å². The summed E-state index contributed by atoms with van der Waals surface area (Å²) in [6, 6.07) is 15.0. The lowest BCUT2D eigenvalue weighted by atomic mass is 10.2. The van der Waals surface area contributed by atoms with E-state index in [1.54, 1.807) is 19.2 Å². The van der Waals surface area contributed by atoms with Crippen molar-refractivity contribution in [1.29, 1.82) is 0 Å². The van der Waals surface area contributed by atoms with Gasteiger partial charge in [0.15, 0.2) is 0 Å². The van der Waals surface area contributed by atoms with Crippen LogP contribution >= 0.6 is 0 Å². The first-order chi connectivity index (χ1) is 9.69. The van der Waals surface area contributed by atoms with Gasteiger partial charge in [-0.05, 0) is 30.3 Å². The van der Waals surface area contributed by atoms with Crippen LogP contribution in [0.1, 0.15) is 12.5 Å². The zero-order valence-electron chi connectivity index (χ0n) is 11.6. The van der Waals surface area contributed by atoms with Gasteiger partial charge in [-0.25, -0.2) is 0 Å². The number of amides is 1. The van der Waals surface area contributed by atoms with Crippen molar-refractivity contribution >= 4 is 11.6 Å². The quantitative estimate of drug-likeness (QED) is 0.908. The third kappa shape index (κ3) is 3.75. The van der Waals surface area contributed by atoms with E-state index in [1.807, 2.05) is 36.4 Å². The summed E-state index contributed by atoms with van der Waals surface area (Å²) in [6.45, 7) is 1.91. The predicted molar refractivity (Wildman–Crippen MR) is 78.1 cm³/mol. The van der Waals surface area contributed by atoms with Crippen LogP contribution in [0, 0.1) is 0 Å². The second-order valence-electron chi connectivity index (χ2n) is 4.31. The van der Waals surface area contributed by atoms with Crippen molar-refractivity contribution in [3.63, 3.8) is 0 Å². The van der Waals surface area contributed by atoms with Crippen LogP contribution in [0.15, 0.2) is 48.5 Å². The Balaban J connectivity index is 1.98. The van der Waals surface area contributed by atoms with E-state index in [9.17, 15) is 4.79 Å². The average molecular weight is 271 g/mol. The van der Waals surface area contributed by atoms with E-state index in [4.69, 9.17) is 9.47 Å². The summed E-state index contributed by atoms with van der Waals surface area (Å²) in [6.07, 6.45) is 0. The van der Waals surface area contributed by atoms with Gasteiger partial charge in [-0.15, -0.1) is 0 Å². The number of ether oxygens (including phenoxy) is 2. The molecule has 4 nitrogen and oxygen atoms in total. The molecule has 0 heterocycles. The summed E-state index contributed by atoms with van der Waals surface area (Å²) >= 11 is 0. The molecule has 0 aliphatic carbocycles. The fraction of sp³-hybridized carbons (Fsp3) is 0.188. The lowest BCUT2D eigenvalue weighted by Gasteiger charge is -2.10. The summed E-state index contributed by atoms with van der Waals surface area (Å²) in [4.78, 5) is 10.9. The van der Waals surface area contributed by atoms with Gasteiger partial charge in [0.2, 0.25) is 5.91 Å². The van der Waals surface area contributed by atoms with Gasteiger partial charge in [0.05, 0.1) is 7.11 Å². The second-order valence-corrected chi connectivity index (χ2v) is 4.31. The molecule has 0 fully saturated rings. The van der Waals surface area contributed by atoms with Crippen molar-refractivity contribution in [3.05, 3.63) is 54.1 Å². The minimum Gasteiger partial charge on any atom is -0.496 e. The smallest absolute Gasteiger partial charge is 0.221 e. The van der Waals surface area contributed by atoms with E-state index < -0.39 is 0 Å². The first kappa shape index (κ1) is 13.9. The predicted octanol–water partition coefficient (Wildman–Crippen LogP) is 3.23. The van der Waals surface area contributed by atoms with Crippen molar-refractivity contribution in [2.24, 2.45) is 0 Å². The molecule has 0 bridgehead atoms. The number of hydrogen-bond acceptors (Lipinski definition) is 3. The Morgan fingerprint density at radius 1 is 1.10 bits per heavy atom. The Labute approximate surface area is 118 Å². The Morgan fingerprint density at radius 2 is 1.80 bits per heavy atom. The van der Waals surface area contributed by atoms with Crippen LogP contribution in [-0.2, 0) is 11.4 Å². The fourth-order valence-electron chi connectivity index (χ4n) is 1.82. The van der Waals surface area contributed by atoms with E-state index in [0.29, 0.717) is 6.61 Å². The average Bonchev–Trinajstić information content (AvgIpc) is 2.46. The van der Waals surface area contributed by atoms with Crippen LogP contribution in [0.2, 0.25) is 0 Å². The topological polar surface area (TPSA) is 47.6 Å². The van der Waals surface area contributed by atoms with Crippen molar-refractivity contribution in [2.75, 3.05) is 12.4 Å². The van der Waals surface area contributed by atoms with Gasteiger partial charge in [0.1, 0.15) is 18.1 Å². The SMILES string of the molecule is COc1ccccc1COc1ccc(NC(C)=O)cc1. The highest BCUT2D eigenvalue weighted by Gasteiger charge is 2.03. The number of hydrogen-bond donors (Lipinski definition) is 1. The highest BCUT2D eigenvalue weighted by molar-refractivity contribution is 5.88. The standard InChI is InChI=1S/C16H17NO3/c1-12(18)17-14-7-9-15(10-8-14)20-11-13-5-3-4-6-16(13)19-2/h3-10H,11H2,1-2H3,(H,17,18). The molecule has 1 N–H and O–H groups in total. The largest absolute Gasteiger partial charge is 0.496 e. The summed E-state index contributed by atoms with van der Waals surface area (Å²) in [5, 5.41) is 2.71. The van der Waals surface area contributed by atoms with Gasteiger partial charge in [-0.3, -0.25) is 4.79 Å². The zero-order valence-corrected chi connectivity index (χ0v) is 11.6. The third-order valence-electron chi connectivity index (χ3n) is 2.76. The minimum absolute atomic E-state index is 0.0901. The van der Waals surface area contributed by atoms with Crippen LogP contribution in [0.5, 0.6) is 11.5 Å². The highest BCUT2D eigenvalue weighted by atomic mass is 16.5. The summed E-state index contributed by atoms with van der Waals surface area (Å²) in [5.74, 6) is 1.46. The van der Waals surface area contributed by atoms with Gasteiger partial charge in [0.25, 0.3) is 0 Å². The number of anilines is 1. The molecular weight excluding hydrogens is 254 g/mol. The van der Waals surface area contributed by atoms with Crippen LogP contribution in [0.3, 0.4) is 0 Å². The Kier molecular flexibility index (Phi) is 4.60. The zero-order chi connectivity index (χ0) is 14.4. The molecule has 2 aromatic rings. The number of carbonyl (C=O) groups excluding carboxylic acids is 1. The number of methoxy groups -OCH3 is 1. The molecule has 0 unspecified atom stereocenters. The van der Waals surface area contributed by atoms with Crippen molar-refractivity contribution in [1.82, 2.24) is 0 Å². The second kappa shape index (κ2) is 6.61. The molecule has 0 aliphatic heterocycles. The van der Waals surface area contributed by atoms with Gasteiger partial charge in [-0.1, -0.05) is 18.2 Å². The van der Waals surface area contributed by atoms with Crippen LogP contribution in [0.4, 0.5) is 5.69 Å². The molecule has 0 radical (unpaired) electrons. The minimum atomic E-state index is -0.0901. The molecular formula is C16H17NO3. The van der Waals surface area contributed by atoms with Crippen molar-refractivity contribution < 1.29 is 14.3 Å². The van der Waals surface area contributed by atoms with Crippen LogP contribution in [0.25, 0.3) is 0 Å². The maximum absolute atomic E-state index is 10.9. The lowest BCUT2D eigenvalue weighted by molar-refractivity contribution is -0.114. The molecule has 0 spiro atoms. The Morgan fingerprint density at radius 3 is 2.45 bits per heavy atom. The van der Waals surface area contributed by atoms with E-state index in [0.717, 1.165) is 22.7 Å². The summed E-state index contributed by atoms with van der Waals surface area (Å²) in [7, 11) is 1.64. The van der Waals surface area contributed by atoms with E-state index >= 15 is 0 Å². The highest BCUT2D eigenvalue weighted by Crippen LogP contribution is 2.21. The molecule has 0 saturated heterocycles. The fourth-order valence-corrected chi connectivity index (χ4v) is 1.82. The van der Waals surface area contributed by atoms with E-state index in [-0.39, 0.29) is 5.91 Å². The molecule has 20 heavy (non-hydrogen) atoms. The number of carbonyl (C=O) groups is 1. The molecule has 0 aromatic heterocycles. The van der Waals surface area contributed by atoms with Gasteiger partial charge in [-0.2, -0.15) is 0 Å². The van der Waals surface area contributed by atoms with Gasteiger partial charge in [0, 0.05) is 18.2 Å². The maximum Gasteiger partial charge on any atom is 0.221 e. The summed E-state index contributed by atoms with van der Waals surface area (Å²) < 4.78 is 11.0. The molecule has 1 amide bonds. The van der Waals surface area contributed by atoms with E-state index in [2.05, 4.69) is 5.32 Å².